The molecule has 2 aromatic rings. The van der Waals surface area contributed by atoms with E-state index in [-0.39, 0.29) is 5.91 Å². The summed E-state index contributed by atoms with van der Waals surface area (Å²) < 4.78 is 1.84. The van der Waals surface area contributed by atoms with Crippen molar-refractivity contribution in [2.24, 2.45) is 0 Å². The fourth-order valence-corrected chi connectivity index (χ4v) is 2.44. The summed E-state index contributed by atoms with van der Waals surface area (Å²) in [6.45, 7) is 1.53. The first-order chi connectivity index (χ1) is 8.75. The predicted molar refractivity (Wildman–Crippen MR) is 69.9 cm³/mol. The van der Waals surface area contributed by atoms with Gasteiger partial charge >= 0.3 is 0 Å². The van der Waals surface area contributed by atoms with Crippen LogP contribution in [0, 0.1) is 0 Å². The second kappa shape index (κ2) is 4.29. The van der Waals surface area contributed by atoms with Gasteiger partial charge in [0.1, 0.15) is 5.82 Å². The van der Waals surface area contributed by atoms with Gasteiger partial charge in [-0.15, -0.1) is 0 Å². The van der Waals surface area contributed by atoms with Crippen LogP contribution in [0.15, 0.2) is 30.3 Å². The van der Waals surface area contributed by atoms with E-state index >= 15 is 0 Å². The first kappa shape index (κ1) is 11.0. The molecule has 0 spiro atoms. The maximum atomic E-state index is 11.3. The van der Waals surface area contributed by atoms with Crippen molar-refractivity contribution in [1.29, 1.82) is 0 Å². The van der Waals surface area contributed by atoms with E-state index in [1.54, 1.807) is 0 Å². The van der Waals surface area contributed by atoms with Gasteiger partial charge in [-0.1, -0.05) is 18.2 Å². The van der Waals surface area contributed by atoms with E-state index in [1.807, 2.05) is 35.0 Å². The molecule has 0 atom stereocenters. The van der Waals surface area contributed by atoms with Crippen LogP contribution in [0.25, 0.3) is 5.69 Å². The van der Waals surface area contributed by atoms with Gasteiger partial charge in [0.05, 0.1) is 11.4 Å². The van der Waals surface area contributed by atoms with Gasteiger partial charge in [0, 0.05) is 12.5 Å². The summed E-state index contributed by atoms with van der Waals surface area (Å²) in [4.78, 5) is 11.3. The molecule has 0 radical (unpaired) electrons. The highest BCUT2D eigenvalue weighted by molar-refractivity contribution is 5.89. The van der Waals surface area contributed by atoms with Crippen LogP contribution in [0.5, 0.6) is 0 Å². The SMILES string of the molecule is CC(=O)Nc1c2c(nn1-c1ccccc1)CCC2. The Balaban J connectivity index is 2.12. The Bertz CT molecular complexity index is 587. The fraction of sp³-hybridized carbons (Fsp3) is 0.286. The molecule has 1 aromatic heterocycles. The van der Waals surface area contributed by atoms with Gasteiger partial charge in [-0.2, -0.15) is 5.10 Å². The number of anilines is 1. The van der Waals surface area contributed by atoms with Crippen LogP contribution in [0.3, 0.4) is 0 Å². The summed E-state index contributed by atoms with van der Waals surface area (Å²) in [6, 6.07) is 9.90. The Morgan fingerprint density at radius 3 is 2.78 bits per heavy atom. The van der Waals surface area contributed by atoms with E-state index in [1.165, 1.54) is 12.5 Å². The third kappa shape index (κ3) is 1.79. The van der Waals surface area contributed by atoms with Crippen molar-refractivity contribution in [2.45, 2.75) is 26.2 Å². The third-order valence-electron chi connectivity index (χ3n) is 3.20. The van der Waals surface area contributed by atoms with Gasteiger partial charge in [-0.3, -0.25) is 4.79 Å². The Morgan fingerprint density at radius 2 is 2.06 bits per heavy atom. The molecule has 0 unspecified atom stereocenters. The molecular weight excluding hydrogens is 226 g/mol. The summed E-state index contributed by atoms with van der Waals surface area (Å²) >= 11 is 0. The second-order valence-electron chi connectivity index (χ2n) is 4.56. The van der Waals surface area contributed by atoms with Crippen molar-refractivity contribution in [3.8, 4) is 5.69 Å². The average molecular weight is 241 g/mol. The molecular formula is C14H15N3O. The highest BCUT2D eigenvalue weighted by atomic mass is 16.1. The van der Waals surface area contributed by atoms with Crippen LogP contribution >= 0.6 is 0 Å². The minimum absolute atomic E-state index is 0.0539. The number of benzene rings is 1. The summed E-state index contributed by atoms with van der Waals surface area (Å²) in [5, 5.41) is 7.53. The number of nitrogens with one attached hydrogen (secondary N) is 1. The number of amides is 1. The number of carbonyl (C=O) groups is 1. The van der Waals surface area contributed by atoms with Gasteiger partial charge < -0.3 is 5.32 Å². The molecule has 18 heavy (non-hydrogen) atoms. The van der Waals surface area contributed by atoms with E-state index in [0.717, 1.165) is 36.5 Å². The van der Waals surface area contributed by atoms with Crippen LogP contribution < -0.4 is 5.32 Å². The standard InChI is InChI=1S/C14H15N3O/c1-10(18)15-14-12-8-5-9-13(12)16-17(14)11-6-3-2-4-7-11/h2-4,6-7H,5,8-9H2,1H3,(H,15,18). The van der Waals surface area contributed by atoms with E-state index in [9.17, 15) is 4.79 Å². The third-order valence-corrected chi connectivity index (χ3v) is 3.20. The molecule has 1 amide bonds. The molecule has 0 aliphatic heterocycles. The highest BCUT2D eigenvalue weighted by Crippen LogP contribution is 2.30. The molecule has 1 N–H and O–H groups in total. The summed E-state index contributed by atoms with van der Waals surface area (Å²) in [5.41, 5.74) is 3.28. The first-order valence-electron chi connectivity index (χ1n) is 6.19. The number of para-hydroxylation sites is 1. The summed E-state index contributed by atoms with van der Waals surface area (Å²) in [5.74, 6) is 0.781. The summed E-state index contributed by atoms with van der Waals surface area (Å²) in [7, 11) is 0. The van der Waals surface area contributed by atoms with Crippen LogP contribution in [0.4, 0.5) is 5.82 Å². The lowest BCUT2D eigenvalue weighted by atomic mass is 10.2. The zero-order valence-corrected chi connectivity index (χ0v) is 10.3. The second-order valence-corrected chi connectivity index (χ2v) is 4.56. The van der Waals surface area contributed by atoms with Crippen LogP contribution in [-0.4, -0.2) is 15.7 Å². The molecule has 0 saturated heterocycles. The lowest BCUT2D eigenvalue weighted by Crippen LogP contribution is -2.12. The maximum absolute atomic E-state index is 11.3. The average Bonchev–Trinajstić information content (AvgIpc) is 2.93. The molecule has 4 heteroatoms. The minimum atomic E-state index is -0.0539. The van der Waals surface area contributed by atoms with Crippen molar-refractivity contribution in [3.63, 3.8) is 0 Å². The lowest BCUT2D eigenvalue weighted by molar-refractivity contribution is -0.114. The number of aryl methyl sites for hydroxylation is 1. The maximum Gasteiger partial charge on any atom is 0.222 e. The topological polar surface area (TPSA) is 46.9 Å². The molecule has 92 valence electrons. The quantitative estimate of drug-likeness (QED) is 0.877. The smallest absolute Gasteiger partial charge is 0.222 e. The monoisotopic (exact) mass is 241 g/mol. The number of aromatic nitrogens is 2. The Hall–Kier alpha value is -2.10. The Morgan fingerprint density at radius 1 is 1.28 bits per heavy atom. The van der Waals surface area contributed by atoms with Gasteiger partial charge in [-0.25, -0.2) is 4.68 Å². The predicted octanol–water partition coefficient (Wildman–Crippen LogP) is 2.32. The first-order valence-corrected chi connectivity index (χ1v) is 6.19. The molecule has 3 rings (SSSR count). The number of fused-ring (bicyclic) bond motifs is 1. The Labute approximate surface area is 106 Å². The Kier molecular flexibility index (Phi) is 2.63. The molecule has 0 fully saturated rings. The number of hydrogen-bond donors (Lipinski definition) is 1. The van der Waals surface area contributed by atoms with Crippen LogP contribution in [0.2, 0.25) is 0 Å². The number of hydrogen-bond acceptors (Lipinski definition) is 2. The number of carbonyl (C=O) groups excluding carboxylic acids is 1. The normalized spacial score (nSPS) is 13.4. The highest BCUT2D eigenvalue weighted by Gasteiger charge is 2.23. The molecule has 1 heterocycles. The molecule has 1 aliphatic carbocycles. The number of nitrogens with zero attached hydrogens (tertiary/aromatic N) is 2. The van der Waals surface area contributed by atoms with Crippen molar-refractivity contribution in [2.75, 3.05) is 5.32 Å². The fourth-order valence-electron chi connectivity index (χ4n) is 2.44. The van der Waals surface area contributed by atoms with E-state index in [2.05, 4.69) is 10.4 Å². The van der Waals surface area contributed by atoms with E-state index < -0.39 is 0 Å². The lowest BCUT2D eigenvalue weighted by Gasteiger charge is -2.09. The van der Waals surface area contributed by atoms with Crippen LogP contribution in [-0.2, 0) is 17.6 Å². The minimum Gasteiger partial charge on any atom is -0.311 e. The molecule has 1 aromatic carbocycles. The van der Waals surface area contributed by atoms with Gasteiger partial charge in [0.2, 0.25) is 5.91 Å². The van der Waals surface area contributed by atoms with Crippen molar-refractivity contribution >= 4 is 11.7 Å². The van der Waals surface area contributed by atoms with Crippen molar-refractivity contribution in [3.05, 3.63) is 41.6 Å². The molecule has 1 aliphatic rings. The zero-order chi connectivity index (χ0) is 12.5. The van der Waals surface area contributed by atoms with E-state index in [4.69, 9.17) is 0 Å². The molecule has 0 bridgehead atoms. The summed E-state index contributed by atoms with van der Waals surface area (Å²) in [6.07, 6.45) is 3.12. The van der Waals surface area contributed by atoms with Crippen molar-refractivity contribution < 1.29 is 4.79 Å². The zero-order valence-electron chi connectivity index (χ0n) is 10.3. The van der Waals surface area contributed by atoms with Crippen molar-refractivity contribution in [1.82, 2.24) is 9.78 Å². The number of rotatable bonds is 2. The van der Waals surface area contributed by atoms with Crippen LogP contribution in [0.1, 0.15) is 24.6 Å². The largest absolute Gasteiger partial charge is 0.311 e. The van der Waals surface area contributed by atoms with Gasteiger partial charge in [0.25, 0.3) is 0 Å². The van der Waals surface area contributed by atoms with Gasteiger partial charge in [0.15, 0.2) is 0 Å². The van der Waals surface area contributed by atoms with E-state index in [0.29, 0.717) is 0 Å². The molecule has 0 saturated carbocycles. The molecule has 4 nitrogen and oxygen atoms in total. The van der Waals surface area contributed by atoms with Gasteiger partial charge in [-0.05, 0) is 31.4 Å².